The standard InChI is InChI=1S/C14H16BrNO3S/c1-4-18-14(17)12-10(16)9(7(2)3)11(20-12)8-5-6-19-13(8)15/h5-7H,4,16H2,1-3H3. The zero-order valence-electron chi connectivity index (χ0n) is 11.5. The van der Waals surface area contributed by atoms with Crippen LogP contribution in [0.25, 0.3) is 10.4 Å². The molecular weight excluding hydrogens is 342 g/mol. The number of carbonyl (C=O) groups excluding carboxylic acids is 1. The molecule has 0 bridgehead atoms. The molecule has 2 aromatic rings. The molecule has 2 rings (SSSR count). The van der Waals surface area contributed by atoms with Crippen LogP contribution in [0.1, 0.15) is 41.9 Å². The third-order valence-electron chi connectivity index (χ3n) is 2.88. The molecule has 2 aromatic heterocycles. The number of hydrogen-bond donors (Lipinski definition) is 1. The van der Waals surface area contributed by atoms with E-state index in [1.807, 2.05) is 19.9 Å². The number of furan rings is 1. The Hall–Kier alpha value is -1.27. The van der Waals surface area contributed by atoms with E-state index in [0.29, 0.717) is 21.8 Å². The second-order valence-electron chi connectivity index (χ2n) is 4.57. The van der Waals surface area contributed by atoms with Crippen LogP contribution >= 0.6 is 27.3 Å². The van der Waals surface area contributed by atoms with Gasteiger partial charge in [0.2, 0.25) is 0 Å². The smallest absolute Gasteiger partial charge is 0.350 e. The van der Waals surface area contributed by atoms with E-state index in [4.69, 9.17) is 14.9 Å². The Labute approximate surface area is 130 Å². The summed E-state index contributed by atoms with van der Waals surface area (Å²) in [6.07, 6.45) is 1.60. The molecule has 0 saturated carbocycles. The number of ether oxygens (including phenoxy) is 1. The monoisotopic (exact) mass is 357 g/mol. The van der Waals surface area contributed by atoms with Crippen molar-refractivity contribution in [3.63, 3.8) is 0 Å². The van der Waals surface area contributed by atoms with E-state index in [-0.39, 0.29) is 11.9 Å². The molecule has 4 nitrogen and oxygen atoms in total. The molecule has 0 aromatic carbocycles. The highest BCUT2D eigenvalue weighted by molar-refractivity contribution is 9.10. The highest BCUT2D eigenvalue weighted by Crippen LogP contribution is 2.45. The minimum atomic E-state index is -0.372. The summed E-state index contributed by atoms with van der Waals surface area (Å²) in [5, 5.41) is 0. The van der Waals surface area contributed by atoms with Gasteiger partial charge >= 0.3 is 5.97 Å². The van der Waals surface area contributed by atoms with E-state index in [1.54, 1.807) is 13.2 Å². The number of nitrogens with two attached hydrogens (primary N) is 1. The molecule has 2 N–H and O–H groups in total. The van der Waals surface area contributed by atoms with Crippen LogP contribution in [0.15, 0.2) is 21.4 Å². The summed E-state index contributed by atoms with van der Waals surface area (Å²) in [6, 6.07) is 1.86. The predicted octanol–water partition coefficient (Wildman–Crippen LogP) is 4.65. The topological polar surface area (TPSA) is 65.5 Å². The summed E-state index contributed by atoms with van der Waals surface area (Å²) in [5.41, 5.74) is 8.52. The van der Waals surface area contributed by atoms with E-state index >= 15 is 0 Å². The molecule has 0 fully saturated rings. The quantitative estimate of drug-likeness (QED) is 0.808. The number of carbonyl (C=O) groups is 1. The predicted molar refractivity (Wildman–Crippen MR) is 84.2 cm³/mol. The van der Waals surface area contributed by atoms with Gasteiger partial charge in [0.25, 0.3) is 0 Å². The van der Waals surface area contributed by atoms with Gasteiger partial charge in [0, 0.05) is 10.4 Å². The lowest BCUT2D eigenvalue weighted by atomic mass is 9.99. The Bertz CT molecular complexity index is 630. The van der Waals surface area contributed by atoms with E-state index in [0.717, 1.165) is 16.0 Å². The molecule has 0 aliphatic heterocycles. The number of hydrogen-bond acceptors (Lipinski definition) is 5. The van der Waals surface area contributed by atoms with Crippen molar-refractivity contribution < 1.29 is 13.9 Å². The molecule has 6 heteroatoms. The Morgan fingerprint density at radius 3 is 2.75 bits per heavy atom. The van der Waals surface area contributed by atoms with Gasteiger partial charge in [0.15, 0.2) is 4.67 Å². The maximum absolute atomic E-state index is 12.0. The van der Waals surface area contributed by atoms with E-state index < -0.39 is 0 Å². The second-order valence-corrected chi connectivity index (χ2v) is 6.31. The van der Waals surface area contributed by atoms with Crippen molar-refractivity contribution >= 4 is 38.9 Å². The first-order valence-corrected chi connectivity index (χ1v) is 7.90. The van der Waals surface area contributed by atoms with E-state index in [1.165, 1.54) is 11.3 Å². The minimum Gasteiger partial charge on any atom is -0.462 e. The Balaban J connectivity index is 2.60. The lowest BCUT2D eigenvalue weighted by Crippen LogP contribution is -2.06. The lowest BCUT2D eigenvalue weighted by molar-refractivity contribution is 0.0533. The Morgan fingerprint density at radius 1 is 1.55 bits per heavy atom. The van der Waals surface area contributed by atoms with Crippen molar-refractivity contribution in [2.75, 3.05) is 12.3 Å². The molecule has 0 aliphatic rings. The summed E-state index contributed by atoms with van der Waals surface area (Å²) >= 11 is 4.72. The number of esters is 1. The summed E-state index contributed by atoms with van der Waals surface area (Å²) in [6.45, 7) is 6.20. The summed E-state index contributed by atoms with van der Waals surface area (Å²) in [5.74, 6) is -0.172. The molecule has 0 aliphatic carbocycles. The third-order valence-corrected chi connectivity index (χ3v) is 4.73. The van der Waals surface area contributed by atoms with Gasteiger partial charge in [-0.3, -0.25) is 0 Å². The van der Waals surface area contributed by atoms with Crippen molar-refractivity contribution in [3.8, 4) is 10.4 Å². The fourth-order valence-corrected chi connectivity index (χ4v) is 3.90. The molecule has 0 saturated heterocycles. The maximum atomic E-state index is 12.0. The number of rotatable bonds is 4. The summed E-state index contributed by atoms with van der Waals surface area (Å²) in [4.78, 5) is 13.4. The van der Waals surface area contributed by atoms with Gasteiger partial charge in [-0.15, -0.1) is 11.3 Å². The van der Waals surface area contributed by atoms with Crippen molar-refractivity contribution in [1.82, 2.24) is 0 Å². The van der Waals surface area contributed by atoms with Crippen molar-refractivity contribution in [3.05, 3.63) is 27.4 Å². The highest BCUT2D eigenvalue weighted by Gasteiger charge is 2.25. The maximum Gasteiger partial charge on any atom is 0.350 e. The molecule has 0 atom stereocenters. The van der Waals surface area contributed by atoms with Crippen LogP contribution in [-0.2, 0) is 4.74 Å². The van der Waals surface area contributed by atoms with Gasteiger partial charge in [-0.1, -0.05) is 13.8 Å². The molecule has 2 heterocycles. The van der Waals surface area contributed by atoms with E-state index in [2.05, 4.69) is 15.9 Å². The van der Waals surface area contributed by atoms with Crippen molar-refractivity contribution in [1.29, 1.82) is 0 Å². The number of nitrogen functional groups attached to an aromatic ring is 1. The van der Waals surface area contributed by atoms with Gasteiger partial charge in [-0.05, 0) is 40.4 Å². The average Bonchev–Trinajstić information content (AvgIpc) is 2.93. The Morgan fingerprint density at radius 2 is 2.25 bits per heavy atom. The fourth-order valence-electron chi connectivity index (χ4n) is 2.03. The van der Waals surface area contributed by atoms with Gasteiger partial charge in [-0.25, -0.2) is 4.79 Å². The first-order valence-electron chi connectivity index (χ1n) is 6.30. The molecule has 20 heavy (non-hydrogen) atoms. The van der Waals surface area contributed by atoms with Crippen LogP contribution in [0, 0.1) is 0 Å². The van der Waals surface area contributed by atoms with Gasteiger partial charge < -0.3 is 14.9 Å². The number of halogens is 1. The van der Waals surface area contributed by atoms with Crippen molar-refractivity contribution in [2.24, 2.45) is 0 Å². The van der Waals surface area contributed by atoms with Crippen LogP contribution in [0.5, 0.6) is 0 Å². The third kappa shape index (κ3) is 2.62. The van der Waals surface area contributed by atoms with Crippen LogP contribution in [0.3, 0.4) is 0 Å². The molecular formula is C14H16BrNO3S. The number of anilines is 1. The van der Waals surface area contributed by atoms with Gasteiger partial charge in [0.05, 0.1) is 18.6 Å². The van der Waals surface area contributed by atoms with Gasteiger partial charge in [0.1, 0.15) is 4.88 Å². The lowest BCUT2D eigenvalue weighted by Gasteiger charge is -2.08. The largest absolute Gasteiger partial charge is 0.462 e. The average molecular weight is 358 g/mol. The SMILES string of the molecule is CCOC(=O)c1sc(-c2ccoc2Br)c(C(C)C)c1N. The summed E-state index contributed by atoms with van der Waals surface area (Å²) < 4.78 is 11.0. The highest BCUT2D eigenvalue weighted by atomic mass is 79.9. The van der Waals surface area contributed by atoms with Crippen LogP contribution in [-0.4, -0.2) is 12.6 Å². The van der Waals surface area contributed by atoms with Gasteiger partial charge in [-0.2, -0.15) is 0 Å². The zero-order chi connectivity index (χ0) is 14.9. The normalized spacial score (nSPS) is 11.1. The Kier molecular flexibility index (Phi) is 4.55. The molecule has 0 amide bonds. The zero-order valence-corrected chi connectivity index (χ0v) is 13.9. The fraction of sp³-hybridized carbons (Fsp3) is 0.357. The molecule has 108 valence electrons. The van der Waals surface area contributed by atoms with Crippen molar-refractivity contribution in [2.45, 2.75) is 26.7 Å². The molecule has 0 unspecified atom stereocenters. The van der Waals surface area contributed by atoms with Crippen LogP contribution in [0.4, 0.5) is 5.69 Å². The first-order chi connectivity index (χ1) is 9.47. The number of thiophene rings is 1. The van der Waals surface area contributed by atoms with E-state index in [9.17, 15) is 4.79 Å². The van der Waals surface area contributed by atoms with Crippen LogP contribution in [0.2, 0.25) is 0 Å². The molecule has 0 radical (unpaired) electrons. The van der Waals surface area contributed by atoms with Crippen LogP contribution < -0.4 is 5.73 Å². The molecule has 0 spiro atoms. The first kappa shape index (κ1) is 15.1. The summed E-state index contributed by atoms with van der Waals surface area (Å²) in [7, 11) is 0. The minimum absolute atomic E-state index is 0.200. The second kappa shape index (κ2) is 6.01.